The molecule has 5 rings (SSSR count). The van der Waals surface area contributed by atoms with E-state index in [1.54, 1.807) is 6.07 Å². The van der Waals surface area contributed by atoms with E-state index in [1.165, 1.54) is 17.5 Å². The highest BCUT2D eigenvalue weighted by atomic mass is 16.4. The van der Waals surface area contributed by atoms with Gasteiger partial charge in [-0.05, 0) is 60.2 Å². The Labute approximate surface area is 158 Å². The van der Waals surface area contributed by atoms with E-state index in [2.05, 4.69) is 33.0 Å². The predicted octanol–water partition coefficient (Wildman–Crippen LogP) is 3.00. The highest BCUT2D eigenvalue weighted by Crippen LogP contribution is 2.29. The zero-order chi connectivity index (χ0) is 18.2. The first-order valence-electron chi connectivity index (χ1n) is 9.73. The van der Waals surface area contributed by atoms with Crippen molar-refractivity contribution in [3.8, 4) is 0 Å². The predicted molar refractivity (Wildman–Crippen MR) is 106 cm³/mol. The number of benzene rings is 1. The number of pyridine rings is 1. The second-order valence-electron chi connectivity index (χ2n) is 7.51. The number of aryl methyl sites for hydroxylation is 2. The molecule has 2 aliphatic rings. The highest BCUT2D eigenvalue weighted by molar-refractivity contribution is 5.82. The Morgan fingerprint density at radius 1 is 1.00 bits per heavy atom. The molecule has 2 aromatic heterocycles. The van der Waals surface area contributed by atoms with Gasteiger partial charge in [0.2, 0.25) is 0 Å². The summed E-state index contributed by atoms with van der Waals surface area (Å²) in [7, 11) is 0. The molecule has 0 N–H and O–H groups in total. The number of piperazine rings is 1. The van der Waals surface area contributed by atoms with E-state index in [0.717, 1.165) is 67.9 Å². The molecular formula is C22H23N3O2. The zero-order valence-electron chi connectivity index (χ0n) is 15.4. The molecular weight excluding hydrogens is 338 g/mol. The van der Waals surface area contributed by atoms with Crippen LogP contribution in [0, 0.1) is 0 Å². The number of fused-ring (bicyclic) bond motifs is 2. The van der Waals surface area contributed by atoms with Gasteiger partial charge >= 0.3 is 5.63 Å². The Kier molecular flexibility index (Phi) is 4.17. The second kappa shape index (κ2) is 6.82. The van der Waals surface area contributed by atoms with Gasteiger partial charge in [0.15, 0.2) is 0 Å². The molecule has 0 atom stereocenters. The monoisotopic (exact) mass is 361 g/mol. The van der Waals surface area contributed by atoms with E-state index in [-0.39, 0.29) is 5.63 Å². The largest absolute Gasteiger partial charge is 0.423 e. The third-order valence-corrected chi connectivity index (χ3v) is 5.78. The van der Waals surface area contributed by atoms with E-state index < -0.39 is 0 Å². The van der Waals surface area contributed by atoms with E-state index in [1.807, 2.05) is 18.3 Å². The summed E-state index contributed by atoms with van der Waals surface area (Å²) in [6.45, 7) is 4.61. The zero-order valence-corrected chi connectivity index (χ0v) is 15.4. The van der Waals surface area contributed by atoms with Crippen molar-refractivity contribution >= 4 is 16.8 Å². The molecule has 27 heavy (non-hydrogen) atoms. The molecule has 0 amide bonds. The summed E-state index contributed by atoms with van der Waals surface area (Å²) in [5.74, 6) is 1.04. The van der Waals surface area contributed by atoms with E-state index in [4.69, 9.17) is 4.42 Å². The number of hydrogen-bond acceptors (Lipinski definition) is 5. The first kappa shape index (κ1) is 16.5. The average Bonchev–Trinajstić information content (AvgIpc) is 3.15. The standard InChI is InChI=1S/C22H23N3O2/c26-22-14-18(19-12-16-4-3-5-17(16)13-20(19)27-22)15-24-8-10-25(11-9-24)21-6-1-2-7-23-21/h1-2,6-7,12-14H,3-5,8-11,15H2. The van der Waals surface area contributed by atoms with Crippen molar-refractivity contribution in [2.24, 2.45) is 0 Å². The van der Waals surface area contributed by atoms with Crippen LogP contribution in [-0.2, 0) is 19.4 Å². The van der Waals surface area contributed by atoms with Gasteiger partial charge in [-0.1, -0.05) is 6.07 Å². The lowest BCUT2D eigenvalue weighted by atomic mass is 10.0. The summed E-state index contributed by atoms with van der Waals surface area (Å²) in [5.41, 5.74) is 4.33. The molecule has 138 valence electrons. The van der Waals surface area contributed by atoms with Gasteiger partial charge in [0.1, 0.15) is 11.4 Å². The van der Waals surface area contributed by atoms with Gasteiger partial charge in [0.25, 0.3) is 0 Å². The lowest BCUT2D eigenvalue weighted by Gasteiger charge is -2.35. The third-order valence-electron chi connectivity index (χ3n) is 5.78. The topological polar surface area (TPSA) is 49.6 Å². The van der Waals surface area contributed by atoms with E-state index in [0.29, 0.717) is 0 Å². The Bertz CT molecular complexity index is 1020. The number of hydrogen-bond donors (Lipinski definition) is 0. The minimum Gasteiger partial charge on any atom is -0.423 e. The van der Waals surface area contributed by atoms with Gasteiger partial charge in [-0.25, -0.2) is 9.78 Å². The Hall–Kier alpha value is -2.66. The molecule has 1 aliphatic heterocycles. The summed E-state index contributed by atoms with van der Waals surface area (Å²) in [6.07, 6.45) is 5.26. The molecule has 0 radical (unpaired) electrons. The number of aromatic nitrogens is 1. The maximum atomic E-state index is 12.1. The molecule has 0 spiro atoms. The van der Waals surface area contributed by atoms with Gasteiger partial charge in [-0.15, -0.1) is 0 Å². The third kappa shape index (κ3) is 3.23. The van der Waals surface area contributed by atoms with Crippen LogP contribution in [0.1, 0.15) is 23.1 Å². The van der Waals surface area contributed by atoms with Crippen molar-refractivity contribution in [3.63, 3.8) is 0 Å². The fourth-order valence-corrected chi connectivity index (χ4v) is 4.34. The fraction of sp³-hybridized carbons (Fsp3) is 0.364. The van der Waals surface area contributed by atoms with Crippen molar-refractivity contribution in [2.45, 2.75) is 25.8 Å². The van der Waals surface area contributed by atoms with Crippen molar-refractivity contribution in [1.29, 1.82) is 0 Å². The van der Waals surface area contributed by atoms with Crippen LogP contribution < -0.4 is 10.5 Å². The maximum absolute atomic E-state index is 12.1. The first-order chi connectivity index (χ1) is 13.3. The van der Waals surface area contributed by atoms with Gasteiger partial charge in [0, 0.05) is 50.4 Å². The van der Waals surface area contributed by atoms with E-state index >= 15 is 0 Å². The molecule has 0 saturated carbocycles. The molecule has 1 fully saturated rings. The Morgan fingerprint density at radius 3 is 2.59 bits per heavy atom. The van der Waals surface area contributed by atoms with Crippen LogP contribution in [0.3, 0.4) is 0 Å². The quantitative estimate of drug-likeness (QED) is 0.671. The van der Waals surface area contributed by atoms with Gasteiger partial charge in [-0.3, -0.25) is 4.90 Å². The van der Waals surface area contributed by atoms with Crippen LogP contribution >= 0.6 is 0 Å². The first-order valence-corrected chi connectivity index (χ1v) is 9.73. The van der Waals surface area contributed by atoms with E-state index in [9.17, 15) is 4.79 Å². The SMILES string of the molecule is O=c1cc(CN2CCN(c3ccccn3)CC2)c2cc3c(cc2o1)CCC3. The van der Waals surface area contributed by atoms with Gasteiger partial charge < -0.3 is 9.32 Å². The number of rotatable bonds is 3. The number of anilines is 1. The molecule has 1 aromatic carbocycles. The van der Waals surface area contributed by atoms with Crippen LogP contribution in [0.2, 0.25) is 0 Å². The molecule has 1 aliphatic carbocycles. The minimum absolute atomic E-state index is 0.248. The minimum atomic E-state index is -0.248. The highest BCUT2D eigenvalue weighted by Gasteiger charge is 2.20. The van der Waals surface area contributed by atoms with Crippen LogP contribution in [0.5, 0.6) is 0 Å². The lowest BCUT2D eigenvalue weighted by Crippen LogP contribution is -2.46. The van der Waals surface area contributed by atoms with Gasteiger partial charge in [-0.2, -0.15) is 0 Å². The molecule has 0 bridgehead atoms. The normalized spacial score (nSPS) is 17.4. The smallest absolute Gasteiger partial charge is 0.336 e. The summed E-state index contributed by atoms with van der Waals surface area (Å²) in [5, 5.41) is 1.10. The molecule has 0 unspecified atom stereocenters. The van der Waals surface area contributed by atoms with Crippen molar-refractivity contribution in [1.82, 2.24) is 9.88 Å². The molecule has 5 heteroatoms. The molecule has 3 heterocycles. The van der Waals surface area contributed by atoms with Crippen molar-refractivity contribution < 1.29 is 4.42 Å². The Morgan fingerprint density at radius 2 is 1.81 bits per heavy atom. The maximum Gasteiger partial charge on any atom is 0.336 e. The number of nitrogens with zero attached hydrogens (tertiary/aromatic N) is 3. The van der Waals surface area contributed by atoms with Crippen molar-refractivity contribution in [3.05, 3.63) is 69.7 Å². The van der Waals surface area contributed by atoms with Crippen LogP contribution in [0.25, 0.3) is 11.0 Å². The average molecular weight is 361 g/mol. The summed E-state index contributed by atoms with van der Waals surface area (Å²) < 4.78 is 5.50. The molecule has 3 aromatic rings. The summed E-state index contributed by atoms with van der Waals surface area (Å²) in [6, 6.07) is 12.0. The van der Waals surface area contributed by atoms with Crippen molar-refractivity contribution in [2.75, 3.05) is 31.1 Å². The van der Waals surface area contributed by atoms with Crippen LogP contribution in [0.15, 0.2) is 51.8 Å². The molecule has 1 saturated heterocycles. The van der Waals surface area contributed by atoms with Crippen LogP contribution in [0.4, 0.5) is 5.82 Å². The lowest BCUT2D eigenvalue weighted by molar-refractivity contribution is 0.249. The molecule has 5 nitrogen and oxygen atoms in total. The summed E-state index contributed by atoms with van der Waals surface area (Å²) in [4.78, 5) is 21.3. The fourth-order valence-electron chi connectivity index (χ4n) is 4.34. The van der Waals surface area contributed by atoms with Gasteiger partial charge in [0.05, 0.1) is 0 Å². The second-order valence-corrected chi connectivity index (χ2v) is 7.51. The summed E-state index contributed by atoms with van der Waals surface area (Å²) >= 11 is 0. The Balaban J connectivity index is 1.37. The van der Waals surface area contributed by atoms with Crippen LogP contribution in [-0.4, -0.2) is 36.1 Å².